The number of nitrogens with zero attached hydrogens (tertiary/aromatic N) is 2. The molecule has 2 unspecified atom stereocenters. The summed E-state index contributed by atoms with van der Waals surface area (Å²) < 4.78 is 9.25. The Labute approximate surface area is 297 Å². The van der Waals surface area contributed by atoms with Crippen LogP contribution < -0.4 is 4.90 Å². The van der Waals surface area contributed by atoms with Crippen molar-refractivity contribution in [2.24, 2.45) is 5.92 Å². The van der Waals surface area contributed by atoms with Crippen molar-refractivity contribution in [1.29, 1.82) is 0 Å². The molecular formula is C48H36N2O. The molecule has 51 heavy (non-hydrogen) atoms. The van der Waals surface area contributed by atoms with E-state index < -0.39 is 0 Å². The van der Waals surface area contributed by atoms with Gasteiger partial charge >= 0.3 is 0 Å². The summed E-state index contributed by atoms with van der Waals surface area (Å²) in [6.45, 7) is 4.85. The van der Waals surface area contributed by atoms with Crippen LogP contribution in [0, 0.1) is 5.92 Å². The second kappa shape index (κ2) is 10.5. The molecule has 1 aliphatic heterocycles. The van der Waals surface area contributed by atoms with Gasteiger partial charge < -0.3 is 13.9 Å². The minimum absolute atomic E-state index is 0.277. The fourth-order valence-electron chi connectivity index (χ4n) is 9.48. The molecule has 0 saturated carbocycles. The summed E-state index contributed by atoms with van der Waals surface area (Å²) in [4.78, 5) is 2.68. The monoisotopic (exact) mass is 656 g/mol. The number of para-hydroxylation sites is 3. The number of aromatic nitrogens is 1. The first-order chi connectivity index (χ1) is 25.1. The summed E-state index contributed by atoms with van der Waals surface area (Å²) in [5.74, 6) is 1.37. The van der Waals surface area contributed by atoms with Gasteiger partial charge in [0.2, 0.25) is 0 Å². The fraction of sp³-hybridized carbons (Fsp3) is 0.125. The van der Waals surface area contributed by atoms with Crippen LogP contribution in [0.2, 0.25) is 0 Å². The van der Waals surface area contributed by atoms with Crippen LogP contribution >= 0.6 is 0 Å². The van der Waals surface area contributed by atoms with Crippen LogP contribution in [0.1, 0.15) is 37.2 Å². The van der Waals surface area contributed by atoms with Crippen LogP contribution in [-0.4, -0.2) is 10.1 Å². The molecule has 11 rings (SSSR count). The summed E-state index contributed by atoms with van der Waals surface area (Å²) in [5.41, 5.74) is 13.4. The van der Waals surface area contributed by atoms with Gasteiger partial charge in [-0.2, -0.15) is 0 Å². The predicted molar refractivity (Wildman–Crippen MR) is 212 cm³/mol. The molecule has 0 N–H and O–H groups in total. The van der Waals surface area contributed by atoms with Crippen molar-refractivity contribution in [2.75, 3.05) is 4.90 Å². The number of anilines is 1. The molecular weight excluding hydrogens is 621 g/mol. The minimum atomic E-state index is -0.277. The smallest absolute Gasteiger partial charge is 0.140 e. The number of hydrogen-bond acceptors (Lipinski definition) is 2. The first-order valence-electron chi connectivity index (χ1n) is 18.1. The zero-order valence-electron chi connectivity index (χ0n) is 28.7. The van der Waals surface area contributed by atoms with Gasteiger partial charge in [-0.05, 0) is 90.4 Å². The molecule has 3 heterocycles. The third-order valence-corrected chi connectivity index (χ3v) is 11.8. The summed E-state index contributed by atoms with van der Waals surface area (Å²) in [6.07, 6.45) is 6.80. The van der Waals surface area contributed by atoms with Gasteiger partial charge in [-0.1, -0.05) is 110 Å². The molecule has 3 heteroatoms. The summed E-state index contributed by atoms with van der Waals surface area (Å²) in [6, 6.07) is 50.7. The van der Waals surface area contributed by atoms with Crippen molar-refractivity contribution < 1.29 is 4.42 Å². The highest BCUT2D eigenvalue weighted by atomic mass is 16.3. The van der Waals surface area contributed by atoms with Gasteiger partial charge in [-0.25, -0.2) is 0 Å². The Bertz CT molecular complexity index is 2840. The van der Waals surface area contributed by atoms with Crippen molar-refractivity contribution in [2.45, 2.75) is 32.2 Å². The molecule has 3 aliphatic rings. The predicted octanol–water partition coefficient (Wildman–Crippen LogP) is 12.3. The lowest BCUT2D eigenvalue weighted by Crippen LogP contribution is -2.45. The SMILES string of the molecule is CC1Cc2c(oc3ccccc23)C2=C1N(c1cccc3ccccc13)C1(C)CC=C(c3ccc4c(c3)c3ccccc3n4-c3ccccc3)C=C21. The first-order valence-corrected chi connectivity index (χ1v) is 18.1. The third-order valence-electron chi connectivity index (χ3n) is 11.8. The van der Waals surface area contributed by atoms with E-state index in [1.807, 2.05) is 0 Å². The molecule has 0 fully saturated rings. The fourth-order valence-corrected chi connectivity index (χ4v) is 9.48. The molecule has 3 nitrogen and oxygen atoms in total. The molecule has 6 aromatic carbocycles. The number of benzene rings is 6. The number of furan rings is 1. The molecule has 0 bridgehead atoms. The lowest BCUT2D eigenvalue weighted by molar-refractivity contribution is 0.522. The van der Waals surface area contributed by atoms with E-state index in [-0.39, 0.29) is 5.54 Å². The van der Waals surface area contributed by atoms with Crippen molar-refractivity contribution >= 4 is 60.4 Å². The minimum Gasteiger partial charge on any atom is -0.456 e. The van der Waals surface area contributed by atoms with E-state index in [1.54, 1.807) is 0 Å². The molecule has 244 valence electrons. The lowest BCUT2D eigenvalue weighted by atomic mass is 9.77. The Balaban J connectivity index is 1.14. The average molecular weight is 657 g/mol. The summed E-state index contributed by atoms with van der Waals surface area (Å²) in [7, 11) is 0. The maximum Gasteiger partial charge on any atom is 0.140 e. The van der Waals surface area contributed by atoms with Gasteiger partial charge in [-0.15, -0.1) is 0 Å². The van der Waals surface area contributed by atoms with Crippen LogP contribution in [0.5, 0.6) is 0 Å². The lowest BCUT2D eigenvalue weighted by Gasteiger charge is -2.42. The van der Waals surface area contributed by atoms with Crippen molar-refractivity contribution in [3.8, 4) is 5.69 Å². The van der Waals surface area contributed by atoms with Gasteiger partial charge in [0.05, 0.1) is 16.6 Å². The zero-order valence-corrected chi connectivity index (χ0v) is 28.7. The second-order valence-electron chi connectivity index (χ2n) is 14.7. The summed E-state index contributed by atoms with van der Waals surface area (Å²) in [5, 5.41) is 6.33. The Morgan fingerprint density at radius 1 is 0.686 bits per heavy atom. The van der Waals surface area contributed by atoms with Crippen LogP contribution in [0.25, 0.3) is 60.4 Å². The second-order valence-corrected chi connectivity index (χ2v) is 14.7. The van der Waals surface area contributed by atoms with Gasteiger partial charge in [0.15, 0.2) is 0 Å². The average Bonchev–Trinajstić information content (AvgIpc) is 3.80. The van der Waals surface area contributed by atoms with E-state index in [1.165, 1.54) is 82.9 Å². The molecule has 2 aliphatic carbocycles. The van der Waals surface area contributed by atoms with E-state index in [9.17, 15) is 0 Å². The van der Waals surface area contributed by atoms with E-state index in [0.717, 1.165) is 24.2 Å². The van der Waals surface area contributed by atoms with Crippen LogP contribution in [0.4, 0.5) is 5.69 Å². The van der Waals surface area contributed by atoms with E-state index in [2.05, 4.69) is 175 Å². The standard InChI is InChI=1S/C48H36N2O/c1-30-27-39-37-19-9-11-22-44(37)51-47(39)45-40-29-33(25-26-48(40,2)50(46(30)45)43-21-12-14-31-13-6-7-17-35(31)43)32-23-24-42-38(28-32)36-18-8-10-20-41(36)49(42)34-15-4-3-5-16-34/h3-25,28-30H,26-27H2,1-2H3. The maximum absolute atomic E-state index is 6.86. The molecule has 0 radical (unpaired) electrons. The zero-order chi connectivity index (χ0) is 33.8. The largest absolute Gasteiger partial charge is 0.456 e. The Hall–Kier alpha value is -6.06. The van der Waals surface area contributed by atoms with Crippen LogP contribution in [0.15, 0.2) is 167 Å². The van der Waals surface area contributed by atoms with Gasteiger partial charge in [0.1, 0.15) is 11.3 Å². The first kappa shape index (κ1) is 28.7. The van der Waals surface area contributed by atoms with E-state index in [0.29, 0.717) is 5.92 Å². The Morgan fingerprint density at radius 3 is 2.29 bits per heavy atom. The van der Waals surface area contributed by atoms with Gasteiger partial charge in [-0.3, -0.25) is 0 Å². The van der Waals surface area contributed by atoms with Crippen molar-refractivity contribution in [3.05, 3.63) is 180 Å². The number of fused-ring (bicyclic) bond motifs is 10. The van der Waals surface area contributed by atoms with E-state index >= 15 is 0 Å². The van der Waals surface area contributed by atoms with Gasteiger partial charge in [0.25, 0.3) is 0 Å². The third kappa shape index (κ3) is 3.95. The molecule has 8 aromatic rings. The highest BCUT2D eigenvalue weighted by Crippen LogP contribution is 2.59. The number of hydrogen-bond donors (Lipinski definition) is 0. The van der Waals surface area contributed by atoms with Gasteiger partial charge in [0, 0.05) is 55.7 Å². The maximum atomic E-state index is 6.86. The molecule has 0 amide bonds. The van der Waals surface area contributed by atoms with Crippen molar-refractivity contribution in [3.63, 3.8) is 0 Å². The molecule has 0 saturated heterocycles. The normalized spacial score (nSPS) is 19.8. The topological polar surface area (TPSA) is 21.3 Å². The highest BCUT2D eigenvalue weighted by molar-refractivity contribution is 6.11. The van der Waals surface area contributed by atoms with Crippen LogP contribution in [-0.2, 0) is 6.42 Å². The molecule has 2 aromatic heterocycles. The van der Waals surface area contributed by atoms with Crippen LogP contribution in [0.3, 0.4) is 0 Å². The summed E-state index contributed by atoms with van der Waals surface area (Å²) >= 11 is 0. The molecule has 0 spiro atoms. The van der Waals surface area contributed by atoms with E-state index in [4.69, 9.17) is 4.42 Å². The quantitative estimate of drug-likeness (QED) is 0.189. The highest BCUT2D eigenvalue weighted by Gasteiger charge is 2.52. The number of allylic oxidation sites excluding steroid dienone is 3. The Morgan fingerprint density at radius 2 is 1.41 bits per heavy atom. The molecule has 2 atom stereocenters. The number of rotatable bonds is 3. The Kier molecular flexibility index (Phi) is 5.90. The van der Waals surface area contributed by atoms with Crippen molar-refractivity contribution in [1.82, 2.24) is 4.57 Å².